The molecule has 1 aliphatic heterocycles. The first-order valence-electron chi connectivity index (χ1n) is 7.09. The fourth-order valence-electron chi connectivity index (χ4n) is 2.74. The van der Waals surface area contributed by atoms with Crippen molar-refractivity contribution in [2.75, 3.05) is 13.1 Å². The number of hydrogen-bond acceptors (Lipinski definition) is 4. The fourth-order valence-corrected chi connectivity index (χ4v) is 3.32. The van der Waals surface area contributed by atoms with Crippen molar-refractivity contribution in [1.82, 2.24) is 9.88 Å². The van der Waals surface area contributed by atoms with Gasteiger partial charge in [0, 0.05) is 24.5 Å². The largest absolute Gasteiger partial charge is 0.481 e. The van der Waals surface area contributed by atoms with Crippen LogP contribution in [0.2, 0.25) is 0 Å². The molecule has 1 amide bonds. The Balaban J connectivity index is 2.01. The Morgan fingerprint density at radius 3 is 2.90 bits per heavy atom. The Morgan fingerprint density at radius 2 is 2.33 bits per heavy atom. The van der Waals surface area contributed by atoms with Gasteiger partial charge in [0.2, 0.25) is 5.91 Å². The SMILES string of the molecule is CCCC1(C(=O)O)CCN(C(=O)C=Cc2csc(C)n2)C1. The predicted octanol–water partition coefficient (Wildman–Crippen LogP) is 2.57. The summed E-state index contributed by atoms with van der Waals surface area (Å²) in [6.45, 7) is 4.69. The highest BCUT2D eigenvalue weighted by Crippen LogP contribution is 2.35. The lowest BCUT2D eigenvalue weighted by atomic mass is 9.83. The van der Waals surface area contributed by atoms with E-state index in [9.17, 15) is 14.7 Å². The van der Waals surface area contributed by atoms with E-state index in [0.717, 1.165) is 17.1 Å². The summed E-state index contributed by atoms with van der Waals surface area (Å²) in [5, 5.41) is 12.3. The van der Waals surface area contributed by atoms with Gasteiger partial charge in [0.05, 0.1) is 16.1 Å². The van der Waals surface area contributed by atoms with Crippen LogP contribution in [0.15, 0.2) is 11.5 Å². The van der Waals surface area contributed by atoms with Crippen molar-refractivity contribution in [1.29, 1.82) is 0 Å². The van der Waals surface area contributed by atoms with Crippen molar-refractivity contribution in [3.05, 3.63) is 22.2 Å². The summed E-state index contributed by atoms with van der Waals surface area (Å²) in [4.78, 5) is 29.5. The molecule has 1 aliphatic rings. The maximum Gasteiger partial charge on any atom is 0.311 e. The topological polar surface area (TPSA) is 70.5 Å². The zero-order valence-corrected chi connectivity index (χ0v) is 13.2. The van der Waals surface area contributed by atoms with Gasteiger partial charge in [0.15, 0.2) is 0 Å². The van der Waals surface area contributed by atoms with Gasteiger partial charge in [-0.05, 0) is 25.8 Å². The molecular formula is C15H20N2O3S. The van der Waals surface area contributed by atoms with Crippen molar-refractivity contribution < 1.29 is 14.7 Å². The highest BCUT2D eigenvalue weighted by molar-refractivity contribution is 7.09. The highest BCUT2D eigenvalue weighted by atomic mass is 32.1. The quantitative estimate of drug-likeness (QED) is 0.849. The molecule has 1 atom stereocenters. The van der Waals surface area contributed by atoms with Gasteiger partial charge in [-0.2, -0.15) is 0 Å². The van der Waals surface area contributed by atoms with Crippen LogP contribution in [-0.2, 0) is 9.59 Å². The number of likely N-dealkylation sites (tertiary alicyclic amines) is 1. The number of aryl methyl sites for hydroxylation is 1. The Bertz CT molecular complexity index is 567. The van der Waals surface area contributed by atoms with Gasteiger partial charge < -0.3 is 10.0 Å². The summed E-state index contributed by atoms with van der Waals surface area (Å²) in [6.07, 6.45) is 5.12. The average molecular weight is 308 g/mol. The summed E-state index contributed by atoms with van der Waals surface area (Å²) in [6, 6.07) is 0. The molecule has 0 saturated carbocycles. The number of carboxylic acids is 1. The maximum absolute atomic E-state index is 12.2. The second-order valence-corrected chi connectivity index (χ2v) is 6.53. The number of aliphatic carboxylic acids is 1. The van der Waals surface area contributed by atoms with Crippen LogP contribution in [0.1, 0.15) is 36.9 Å². The molecule has 6 heteroatoms. The number of nitrogens with zero attached hydrogens (tertiary/aromatic N) is 2. The van der Waals surface area contributed by atoms with Crippen LogP contribution in [0, 0.1) is 12.3 Å². The van der Waals surface area contributed by atoms with Crippen LogP contribution in [0.4, 0.5) is 0 Å². The predicted molar refractivity (Wildman–Crippen MR) is 82.1 cm³/mol. The van der Waals surface area contributed by atoms with Crippen LogP contribution in [-0.4, -0.2) is 40.0 Å². The third kappa shape index (κ3) is 3.50. The van der Waals surface area contributed by atoms with Gasteiger partial charge in [0.25, 0.3) is 0 Å². The third-order valence-corrected chi connectivity index (χ3v) is 4.67. The van der Waals surface area contributed by atoms with Crippen LogP contribution in [0.5, 0.6) is 0 Å². The Labute approximate surface area is 128 Å². The number of amides is 1. The van der Waals surface area contributed by atoms with Gasteiger partial charge >= 0.3 is 5.97 Å². The number of carboxylic acid groups (broad SMARTS) is 1. The Morgan fingerprint density at radius 1 is 1.57 bits per heavy atom. The monoisotopic (exact) mass is 308 g/mol. The fraction of sp³-hybridized carbons (Fsp3) is 0.533. The molecule has 2 rings (SSSR count). The molecule has 1 N–H and O–H groups in total. The van der Waals surface area contributed by atoms with Crippen LogP contribution in [0.25, 0.3) is 6.08 Å². The minimum Gasteiger partial charge on any atom is -0.481 e. The summed E-state index contributed by atoms with van der Waals surface area (Å²) in [7, 11) is 0. The van der Waals surface area contributed by atoms with Crippen molar-refractivity contribution in [3.8, 4) is 0 Å². The van der Waals surface area contributed by atoms with E-state index >= 15 is 0 Å². The second kappa shape index (κ2) is 6.39. The summed E-state index contributed by atoms with van der Waals surface area (Å²) < 4.78 is 0. The molecule has 21 heavy (non-hydrogen) atoms. The zero-order chi connectivity index (χ0) is 15.5. The summed E-state index contributed by atoms with van der Waals surface area (Å²) in [5.74, 6) is -0.932. The summed E-state index contributed by atoms with van der Waals surface area (Å²) in [5.41, 5.74) is -0.00162. The molecule has 1 aromatic heterocycles. The average Bonchev–Trinajstić information content (AvgIpc) is 3.04. The highest BCUT2D eigenvalue weighted by Gasteiger charge is 2.44. The first-order chi connectivity index (χ1) is 9.97. The minimum absolute atomic E-state index is 0.139. The van der Waals surface area contributed by atoms with Crippen LogP contribution < -0.4 is 0 Å². The van der Waals surface area contributed by atoms with Gasteiger partial charge in [-0.25, -0.2) is 4.98 Å². The number of carbonyl (C=O) groups excluding carboxylic acids is 1. The molecule has 1 aromatic rings. The molecule has 114 valence electrons. The molecule has 1 fully saturated rings. The molecule has 5 nitrogen and oxygen atoms in total. The van der Waals surface area contributed by atoms with E-state index in [0.29, 0.717) is 25.9 Å². The van der Waals surface area contributed by atoms with Gasteiger partial charge in [0.1, 0.15) is 0 Å². The minimum atomic E-state index is -0.793. The Hall–Kier alpha value is -1.69. The van der Waals surface area contributed by atoms with E-state index < -0.39 is 11.4 Å². The molecule has 1 unspecified atom stereocenters. The molecule has 0 aromatic carbocycles. The van der Waals surface area contributed by atoms with Crippen molar-refractivity contribution >= 4 is 29.3 Å². The zero-order valence-electron chi connectivity index (χ0n) is 12.3. The normalized spacial score (nSPS) is 22.1. The van der Waals surface area contributed by atoms with Crippen molar-refractivity contribution in [2.45, 2.75) is 33.1 Å². The molecule has 0 spiro atoms. The lowest BCUT2D eigenvalue weighted by Gasteiger charge is -2.23. The number of thiazole rings is 1. The van der Waals surface area contributed by atoms with E-state index in [1.807, 2.05) is 19.2 Å². The molecule has 0 radical (unpaired) electrons. The number of carbonyl (C=O) groups is 2. The van der Waals surface area contributed by atoms with Gasteiger partial charge in [-0.3, -0.25) is 9.59 Å². The Kier molecular flexibility index (Phi) is 4.77. The molecule has 0 aliphatic carbocycles. The molecule has 2 heterocycles. The number of rotatable bonds is 5. The molecule has 0 bridgehead atoms. The van der Waals surface area contributed by atoms with E-state index in [2.05, 4.69) is 4.98 Å². The van der Waals surface area contributed by atoms with Gasteiger partial charge in [-0.15, -0.1) is 11.3 Å². The first kappa shape index (κ1) is 15.7. The third-order valence-electron chi connectivity index (χ3n) is 3.88. The molecule has 1 saturated heterocycles. The number of hydrogen-bond donors (Lipinski definition) is 1. The van der Waals surface area contributed by atoms with Crippen LogP contribution >= 0.6 is 11.3 Å². The van der Waals surface area contributed by atoms with Crippen molar-refractivity contribution in [3.63, 3.8) is 0 Å². The molecular weight excluding hydrogens is 288 g/mol. The first-order valence-corrected chi connectivity index (χ1v) is 7.97. The van der Waals surface area contributed by atoms with E-state index in [-0.39, 0.29) is 5.91 Å². The van der Waals surface area contributed by atoms with E-state index in [1.165, 1.54) is 17.4 Å². The lowest BCUT2D eigenvalue weighted by molar-refractivity contribution is -0.148. The maximum atomic E-state index is 12.2. The summed E-state index contributed by atoms with van der Waals surface area (Å²) >= 11 is 1.53. The second-order valence-electron chi connectivity index (χ2n) is 5.47. The lowest BCUT2D eigenvalue weighted by Crippen LogP contribution is -2.36. The van der Waals surface area contributed by atoms with Crippen LogP contribution in [0.3, 0.4) is 0 Å². The smallest absolute Gasteiger partial charge is 0.311 e. The van der Waals surface area contributed by atoms with Crippen molar-refractivity contribution in [2.24, 2.45) is 5.41 Å². The standard InChI is InChI=1S/C15H20N2O3S/c1-3-6-15(14(19)20)7-8-17(10-15)13(18)5-4-12-9-21-11(2)16-12/h4-5,9H,3,6-8,10H2,1-2H3,(H,19,20). The van der Waals surface area contributed by atoms with E-state index in [4.69, 9.17) is 0 Å². The van der Waals surface area contributed by atoms with E-state index in [1.54, 1.807) is 11.0 Å². The van der Waals surface area contributed by atoms with Gasteiger partial charge in [-0.1, -0.05) is 13.3 Å². The number of aromatic nitrogens is 1.